The molecule has 0 aliphatic carbocycles. The Bertz CT molecular complexity index is 1620. The summed E-state index contributed by atoms with van der Waals surface area (Å²) >= 11 is 0. The van der Waals surface area contributed by atoms with Gasteiger partial charge in [-0.15, -0.1) is 5.10 Å². The number of aromatic nitrogens is 5. The number of aromatic amines is 1. The van der Waals surface area contributed by atoms with Crippen molar-refractivity contribution in [3.63, 3.8) is 0 Å². The lowest BCUT2D eigenvalue weighted by molar-refractivity contribution is 0.0870. The van der Waals surface area contributed by atoms with Gasteiger partial charge in [-0.2, -0.15) is 0 Å². The van der Waals surface area contributed by atoms with E-state index in [0.29, 0.717) is 5.82 Å². The molecule has 2 aromatic heterocycles. The van der Waals surface area contributed by atoms with Crippen molar-refractivity contribution in [2.24, 2.45) is 5.41 Å². The van der Waals surface area contributed by atoms with E-state index in [1.165, 1.54) is 33.3 Å². The van der Waals surface area contributed by atoms with Crippen molar-refractivity contribution >= 4 is 19.9 Å². The van der Waals surface area contributed by atoms with E-state index in [0.717, 1.165) is 41.5 Å². The minimum atomic E-state index is -1.33. The quantitative estimate of drug-likeness (QED) is 0.184. The van der Waals surface area contributed by atoms with Gasteiger partial charge in [-0.25, -0.2) is 5.10 Å². The average Bonchev–Trinajstić information content (AvgIpc) is 3.48. The molecule has 7 heteroatoms. The summed E-state index contributed by atoms with van der Waals surface area (Å²) in [6.45, 7) is 15.8. The molecule has 0 radical (unpaired) electrons. The zero-order valence-electron chi connectivity index (χ0n) is 25.3. The molecule has 41 heavy (non-hydrogen) atoms. The zero-order valence-corrected chi connectivity index (χ0v) is 26.5. The first-order valence-corrected chi connectivity index (χ1v) is 17.4. The molecule has 6 nitrogen and oxygen atoms in total. The molecule has 0 aliphatic heterocycles. The second kappa shape index (κ2) is 12.0. The van der Waals surface area contributed by atoms with Crippen LogP contribution in [0.5, 0.6) is 0 Å². The van der Waals surface area contributed by atoms with E-state index in [4.69, 9.17) is 9.41 Å². The van der Waals surface area contributed by atoms with Gasteiger partial charge in [0.25, 0.3) is 0 Å². The maximum atomic E-state index is 6.88. The van der Waals surface area contributed by atoms with Gasteiger partial charge in [-0.3, -0.25) is 4.98 Å². The van der Waals surface area contributed by atoms with E-state index in [9.17, 15) is 0 Å². The lowest BCUT2D eigenvalue weighted by Crippen LogP contribution is -2.28. The molecule has 2 heterocycles. The van der Waals surface area contributed by atoms with Crippen LogP contribution in [0.25, 0.3) is 33.4 Å². The lowest BCUT2D eigenvalue weighted by Gasteiger charge is -2.36. The Morgan fingerprint density at radius 1 is 0.951 bits per heavy atom. The lowest BCUT2D eigenvalue weighted by atomic mass is 9.79. The zero-order chi connectivity index (χ0) is 29.1. The minimum absolute atomic E-state index is 0.00580. The number of hydrogen-bond donors (Lipinski definition) is 1. The monoisotopic (exact) mass is 563 g/mol. The number of hydrogen-bond acceptors (Lipinski definition) is 5. The molecule has 0 amide bonds. The topological polar surface area (TPSA) is 76.6 Å². The smallest absolute Gasteiger partial charge is 0.180 e. The van der Waals surface area contributed by atoms with Crippen molar-refractivity contribution < 1.29 is 4.43 Å². The van der Waals surface area contributed by atoms with Crippen LogP contribution in [-0.2, 0) is 17.3 Å². The summed E-state index contributed by atoms with van der Waals surface area (Å²) in [5, 5.41) is 15.8. The third-order valence-electron chi connectivity index (χ3n) is 7.49. The summed E-state index contributed by atoms with van der Waals surface area (Å²) in [6.07, 6.45) is 2.79. The molecule has 0 saturated heterocycles. The minimum Gasteiger partial charge on any atom is -0.413 e. The molecular formula is C34H41N5OSi. The molecule has 3 aromatic carbocycles. The molecule has 1 atom stereocenters. The van der Waals surface area contributed by atoms with Crippen LogP contribution in [0.15, 0.2) is 66.7 Å². The van der Waals surface area contributed by atoms with Crippen molar-refractivity contribution in [2.75, 3.05) is 0 Å². The van der Waals surface area contributed by atoms with Gasteiger partial charge in [-0.05, 0) is 88.7 Å². The second-order valence-corrected chi connectivity index (χ2v) is 14.7. The Hall–Kier alpha value is -3.68. The first-order valence-electron chi connectivity index (χ1n) is 14.7. The fourth-order valence-electron chi connectivity index (χ4n) is 5.63. The van der Waals surface area contributed by atoms with Gasteiger partial charge in [0.1, 0.15) is 0 Å². The fraction of sp³-hybridized carbons (Fsp3) is 0.353. The molecule has 0 saturated carbocycles. The summed E-state index contributed by atoms with van der Waals surface area (Å²) < 4.78 is 6.88. The summed E-state index contributed by atoms with van der Waals surface area (Å²) in [5.41, 5.74) is 10.5. The third kappa shape index (κ3) is 6.31. The molecular weight excluding hydrogens is 522 g/mol. The van der Waals surface area contributed by atoms with Crippen LogP contribution in [0.2, 0.25) is 13.1 Å². The first kappa shape index (κ1) is 28.8. The van der Waals surface area contributed by atoms with E-state index in [1.54, 1.807) is 0 Å². The Balaban J connectivity index is 1.63. The van der Waals surface area contributed by atoms with E-state index < -0.39 is 9.04 Å². The van der Waals surface area contributed by atoms with Crippen molar-refractivity contribution in [1.82, 2.24) is 25.6 Å². The molecule has 5 rings (SSSR count). The first-order chi connectivity index (χ1) is 19.7. The summed E-state index contributed by atoms with van der Waals surface area (Å²) in [4.78, 5) is 5.25. The second-order valence-electron chi connectivity index (χ2n) is 12.3. The van der Waals surface area contributed by atoms with Gasteiger partial charge in [0.15, 0.2) is 14.9 Å². The molecule has 0 aliphatic rings. The van der Waals surface area contributed by atoms with Crippen molar-refractivity contribution in [1.29, 1.82) is 0 Å². The number of nitrogens with one attached hydrogen (secondary N) is 1. The van der Waals surface area contributed by atoms with Crippen molar-refractivity contribution in [3.05, 3.63) is 94.7 Å². The van der Waals surface area contributed by atoms with Gasteiger partial charge in [0.2, 0.25) is 0 Å². The van der Waals surface area contributed by atoms with E-state index in [1.807, 2.05) is 18.2 Å². The van der Waals surface area contributed by atoms with Gasteiger partial charge < -0.3 is 4.43 Å². The molecule has 1 N–H and O–H groups in total. The average molecular weight is 564 g/mol. The SMILES string of the molecule is CCCc1nc2ccc(C)cc2c(C(O[SiH](C)C)C(C)(C)C)c1Cc1ccc(-c2ccccc2-c2nnn[nH]2)cc1. The number of pyridine rings is 1. The Morgan fingerprint density at radius 3 is 2.32 bits per heavy atom. The fourth-order valence-corrected chi connectivity index (χ4v) is 6.72. The van der Waals surface area contributed by atoms with Crippen molar-refractivity contribution in [3.8, 4) is 22.5 Å². The predicted molar refractivity (Wildman–Crippen MR) is 170 cm³/mol. The standard InChI is InChI=1S/C34H41N5OSi/c1-8-11-29-28(31(32(34(3,4)5)40-41(6)7)27-20-22(2)14-19-30(27)35-29)21-23-15-17-24(18-16-23)25-12-9-10-13-26(25)33-36-38-39-37-33/h9-10,12-20,32,41H,8,11,21H2,1-7H3,(H,36,37,38,39). The van der Waals surface area contributed by atoms with E-state index >= 15 is 0 Å². The Kier molecular flexibility index (Phi) is 8.47. The number of benzene rings is 3. The highest BCUT2D eigenvalue weighted by Gasteiger charge is 2.33. The maximum Gasteiger partial charge on any atom is 0.180 e. The van der Waals surface area contributed by atoms with E-state index in [2.05, 4.69) is 117 Å². The highest BCUT2D eigenvalue weighted by Crippen LogP contribution is 2.43. The van der Waals surface area contributed by atoms with Crippen LogP contribution >= 0.6 is 0 Å². The van der Waals surface area contributed by atoms with Gasteiger partial charge in [0, 0.05) is 16.6 Å². The molecule has 0 fully saturated rings. The van der Waals surface area contributed by atoms with Crippen LogP contribution in [0.3, 0.4) is 0 Å². The summed E-state index contributed by atoms with van der Waals surface area (Å²) in [6, 6.07) is 23.8. The predicted octanol–water partition coefficient (Wildman–Crippen LogP) is 8.02. The number of nitrogens with zero attached hydrogens (tertiary/aromatic N) is 4. The number of fused-ring (bicyclic) bond motifs is 1. The largest absolute Gasteiger partial charge is 0.413 e. The molecule has 0 spiro atoms. The van der Waals surface area contributed by atoms with Crippen LogP contribution in [0, 0.1) is 12.3 Å². The number of tetrazole rings is 1. The van der Waals surface area contributed by atoms with Crippen LogP contribution in [0.1, 0.15) is 68.2 Å². The maximum absolute atomic E-state index is 6.88. The number of H-pyrrole nitrogens is 1. The van der Waals surface area contributed by atoms with Gasteiger partial charge in [0.05, 0.1) is 11.6 Å². The van der Waals surface area contributed by atoms with Crippen LogP contribution in [0.4, 0.5) is 0 Å². The third-order valence-corrected chi connectivity index (χ3v) is 8.30. The van der Waals surface area contributed by atoms with Crippen molar-refractivity contribution in [2.45, 2.75) is 73.1 Å². The number of rotatable bonds is 9. The molecule has 5 aromatic rings. The molecule has 0 bridgehead atoms. The van der Waals surface area contributed by atoms with E-state index in [-0.39, 0.29) is 11.5 Å². The summed E-state index contributed by atoms with van der Waals surface area (Å²) in [5.74, 6) is 0.665. The number of aryl methyl sites for hydroxylation is 2. The molecule has 212 valence electrons. The van der Waals surface area contributed by atoms with Gasteiger partial charge >= 0.3 is 0 Å². The van der Waals surface area contributed by atoms with Crippen LogP contribution < -0.4 is 0 Å². The van der Waals surface area contributed by atoms with Crippen LogP contribution in [-0.4, -0.2) is 34.6 Å². The Morgan fingerprint density at radius 2 is 1.68 bits per heavy atom. The van der Waals surface area contributed by atoms with Gasteiger partial charge in [-0.1, -0.05) is 94.3 Å². The molecule has 1 unspecified atom stereocenters. The highest BCUT2D eigenvalue weighted by molar-refractivity contribution is 6.48. The normalized spacial score (nSPS) is 12.8. The summed E-state index contributed by atoms with van der Waals surface area (Å²) in [7, 11) is -1.33. The Labute approximate surface area is 245 Å². The highest BCUT2D eigenvalue weighted by atomic mass is 28.3.